The highest BCUT2D eigenvalue weighted by Gasteiger charge is 2.29. The van der Waals surface area contributed by atoms with E-state index in [1.165, 1.54) is 0 Å². The molecule has 1 aliphatic heterocycles. The number of benzene rings is 1. The Morgan fingerprint density at radius 3 is 2.27 bits per heavy atom. The minimum atomic E-state index is 0.0673. The van der Waals surface area contributed by atoms with Gasteiger partial charge in [-0.3, -0.25) is 9.59 Å². The van der Waals surface area contributed by atoms with Gasteiger partial charge >= 0.3 is 0 Å². The van der Waals surface area contributed by atoms with E-state index in [2.05, 4.69) is 13.8 Å². The first-order valence-electron chi connectivity index (χ1n) is 9.90. The van der Waals surface area contributed by atoms with Crippen LogP contribution >= 0.6 is 0 Å². The Labute approximate surface area is 157 Å². The van der Waals surface area contributed by atoms with Crippen molar-refractivity contribution in [3.63, 3.8) is 0 Å². The monoisotopic (exact) mass is 360 g/mol. The summed E-state index contributed by atoms with van der Waals surface area (Å²) in [5, 5.41) is 0. The van der Waals surface area contributed by atoms with Crippen molar-refractivity contribution in [1.29, 1.82) is 0 Å². The highest BCUT2D eigenvalue weighted by Crippen LogP contribution is 2.21. The first-order valence-corrected chi connectivity index (χ1v) is 9.90. The summed E-state index contributed by atoms with van der Waals surface area (Å²) in [5.41, 5.74) is 0. The maximum atomic E-state index is 12.7. The molecular weight excluding hydrogens is 328 g/mol. The fourth-order valence-corrected chi connectivity index (χ4v) is 3.44. The van der Waals surface area contributed by atoms with E-state index in [1.807, 2.05) is 40.1 Å². The molecule has 0 spiro atoms. The van der Waals surface area contributed by atoms with Crippen LogP contribution in [0, 0.1) is 5.92 Å². The molecule has 1 saturated heterocycles. The van der Waals surface area contributed by atoms with E-state index >= 15 is 0 Å². The van der Waals surface area contributed by atoms with Gasteiger partial charge in [0, 0.05) is 32.1 Å². The number of likely N-dealkylation sites (tertiary alicyclic amines) is 1. The fraction of sp³-hybridized carbons (Fsp3) is 0.619. The fourth-order valence-electron chi connectivity index (χ4n) is 3.44. The van der Waals surface area contributed by atoms with Crippen LogP contribution in [0.1, 0.15) is 46.0 Å². The van der Waals surface area contributed by atoms with E-state index in [9.17, 15) is 9.59 Å². The van der Waals surface area contributed by atoms with Gasteiger partial charge in [0.15, 0.2) is 0 Å². The summed E-state index contributed by atoms with van der Waals surface area (Å²) in [6, 6.07) is 9.55. The Kier molecular flexibility index (Phi) is 8.45. The maximum Gasteiger partial charge on any atom is 0.225 e. The van der Waals surface area contributed by atoms with Crippen LogP contribution in [0.25, 0.3) is 0 Å². The van der Waals surface area contributed by atoms with Crippen LogP contribution in [0.15, 0.2) is 30.3 Å². The zero-order chi connectivity index (χ0) is 18.8. The van der Waals surface area contributed by atoms with Crippen LogP contribution in [0.4, 0.5) is 0 Å². The molecule has 0 bridgehead atoms. The number of carbonyl (C=O) groups is 2. The summed E-state index contributed by atoms with van der Waals surface area (Å²) < 4.78 is 5.60. The topological polar surface area (TPSA) is 49.9 Å². The van der Waals surface area contributed by atoms with Crippen molar-refractivity contribution in [2.45, 2.75) is 46.0 Å². The number of ether oxygens (including phenoxy) is 1. The Morgan fingerprint density at radius 2 is 1.69 bits per heavy atom. The number of rotatable bonds is 9. The molecule has 1 heterocycles. The first-order chi connectivity index (χ1) is 12.7. The van der Waals surface area contributed by atoms with Crippen molar-refractivity contribution < 1.29 is 14.3 Å². The average Bonchev–Trinajstić information content (AvgIpc) is 2.68. The van der Waals surface area contributed by atoms with Crippen LogP contribution in [0.2, 0.25) is 0 Å². The minimum Gasteiger partial charge on any atom is -0.493 e. The lowest BCUT2D eigenvalue weighted by atomic mass is 9.95. The molecule has 5 nitrogen and oxygen atoms in total. The van der Waals surface area contributed by atoms with E-state index in [-0.39, 0.29) is 17.7 Å². The molecule has 1 aromatic carbocycles. The summed E-state index contributed by atoms with van der Waals surface area (Å²) in [6.07, 6.45) is 3.91. The normalized spacial score (nSPS) is 14.9. The zero-order valence-electron chi connectivity index (χ0n) is 16.2. The maximum absolute atomic E-state index is 12.7. The molecule has 0 saturated carbocycles. The molecule has 0 aromatic heterocycles. The molecule has 0 unspecified atom stereocenters. The Morgan fingerprint density at radius 1 is 1.08 bits per heavy atom. The lowest BCUT2D eigenvalue weighted by molar-refractivity contribution is -0.141. The van der Waals surface area contributed by atoms with E-state index < -0.39 is 0 Å². The Balaban J connectivity index is 1.72. The molecule has 1 aliphatic rings. The van der Waals surface area contributed by atoms with Crippen LogP contribution in [-0.4, -0.2) is 54.4 Å². The van der Waals surface area contributed by atoms with Gasteiger partial charge in [0.2, 0.25) is 11.8 Å². The summed E-state index contributed by atoms with van der Waals surface area (Å²) in [4.78, 5) is 28.9. The lowest BCUT2D eigenvalue weighted by Gasteiger charge is -2.34. The minimum absolute atomic E-state index is 0.0673. The van der Waals surface area contributed by atoms with Crippen molar-refractivity contribution in [1.82, 2.24) is 9.80 Å². The van der Waals surface area contributed by atoms with E-state index in [1.54, 1.807) is 0 Å². The van der Waals surface area contributed by atoms with Crippen molar-refractivity contribution in [2.24, 2.45) is 5.92 Å². The van der Waals surface area contributed by atoms with E-state index in [4.69, 9.17) is 4.74 Å². The number of hydrogen-bond donors (Lipinski definition) is 0. The standard InChI is InChI=1S/C21H32N2O3/c1-3-13-23(14-4-2)21(25)18-10-15-22(16-11-18)20(24)12-17-26-19-8-6-5-7-9-19/h5-9,18H,3-4,10-17H2,1-2H3. The second-order valence-corrected chi connectivity index (χ2v) is 6.89. The largest absolute Gasteiger partial charge is 0.493 e. The molecule has 2 amide bonds. The number of hydrogen-bond acceptors (Lipinski definition) is 3. The van der Waals surface area contributed by atoms with Gasteiger partial charge in [-0.15, -0.1) is 0 Å². The molecule has 0 radical (unpaired) electrons. The molecule has 1 aromatic rings. The van der Waals surface area contributed by atoms with Crippen molar-refractivity contribution in [3.05, 3.63) is 30.3 Å². The summed E-state index contributed by atoms with van der Waals surface area (Å²) in [6.45, 7) is 7.62. The first kappa shape index (κ1) is 20.3. The molecule has 1 fully saturated rings. The van der Waals surface area contributed by atoms with Gasteiger partial charge in [0.05, 0.1) is 13.0 Å². The third kappa shape index (κ3) is 6.04. The molecule has 2 rings (SSSR count). The average molecular weight is 360 g/mol. The van der Waals surface area contributed by atoms with Gasteiger partial charge in [0.25, 0.3) is 0 Å². The second-order valence-electron chi connectivity index (χ2n) is 6.89. The number of para-hydroxylation sites is 1. The predicted octanol–water partition coefficient (Wildman–Crippen LogP) is 3.34. The van der Waals surface area contributed by atoms with Gasteiger partial charge in [0.1, 0.15) is 5.75 Å². The molecule has 0 aliphatic carbocycles. The second kappa shape index (κ2) is 10.8. The van der Waals surface area contributed by atoms with Crippen LogP contribution in [0.3, 0.4) is 0 Å². The zero-order valence-corrected chi connectivity index (χ0v) is 16.2. The van der Waals surface area contributed by atoms with E-state index in [0.29, 0.717) is 26.1 Å². The van der Waals surface area contributed by atoms with Gasteiger partial charge in [-0.2, -0.15) is 0 Å². The molecule has 0 N–H and O–H groups in total. The summed E-state index contributed by atoms with van der Waals surface area (Å²) in [7, 11) is 0. The van der Waals surface area contributed by atoms with Crippen molar-refractivity contribution >= 4 is 11.8 Å². The molecule has 26 heavy (non-hydrogen) atoms. The molecule has 0 atom stereocenters. The number of nitrogens with zero attached hydrogens (tertiary/aromatic N) is 2. The Bertz CT molecular complexity index is 548. The SMILES string of the molecule is CCCN(CCC)C(=O)C1CCN(C(=O)CCOc2ccccc2)CC1. The van der Waals surface area contributed by atoms with Gasteiger partial charge in [-0.1, -0.05) is 32.0 Å². The van der Waals surface area contributed by atoms with Gasteiger partial charge in [-0.25, -0.2) is 0 Å². The highest BCUT2D eigenvalue weighted by molar-refractivity contribution is 5.80. The smallest absolute Gasteiger partial charge is 0.225 e. The van der Waals surface area contributed by atoms with Crippen LogP contribution in [-0.2, 0) is 9.59 Å². The highest BCUT2D eigenvalue weighted by atomic mass is 16.5. The summed E-state index contributed by atoms with van der Waals surface area (Å²) in [5.74, 6) is 1.24. The van der Waals surface area contributed by atoms with Crippen LogP contribution in [0.5, 0.6) is 5.75 Å². The van der Waals surface area contributed by atoms with E-state index in [0.717, 1.165) is 44.5 Å². The summed E-state index contributed by atoms with van der Waals surface area (Å²) >= 11 is 0. The quantitative estimate of drug-likeness (QED) is 0.679. The Hall–Kier alpha value is -2.04. The number of carbonyl (C=O) groups excluding carboxylic acids is 2. The molecule has 144 valence electrons. The number of piperidine rings is 1. The van der Waals surface area contributed by atoms with Crippen molar-refractivity contribution in [3.8, 4) is 5.75 Å². The molecular formula is C21H32N2O3. The van der Waals surface area contributed by atoms with Gasteiger partial charge in [-0.05, 0) is 37.8 Å². The molecule has 5 heteroatoms. The van der Waals surface area contributed by atoms with Crippen LogP contribution < -0.4 is 4.74 Å². The van der Waals surface area contributed by atoms with Crippen molar-refractivity contribution in [2.75, 3.05) is 32.8 Å². The third-order valence-corrected chi connectivity index (χ3v) is 4.82. The van der Waals surface area contributed by atoms with Gasteiger partial charge < -0.3 is 14.5 Å². The predicted molar refractivity (Wildman–Crippen MR) is 103 cm³/mol. The lowest BCUT2D eigenvalue weighted by Crippen LogP contribution is -2.45. The number of amides is 2. The third-order valence-electron chi connectivity index (χ3n) is 4.82.